The van der Waals surface area contributed by atoms with Crippen molar-refractivity contribution < 1.29 is 14.7 Å². The summed E-state index contributed by atoms with van der Waals surface area (Å²) in [7, 11) is 0. The highest BCUT2D eigenvalue weighted by Crippen LogP contribution is 2.38. The fourth-order valence-corrected chi connectivity index (χ4v) is 5.08. The van der Waals surface area contributed by atoms with Crippen molar-refractivity contribution in [3.63, 3.8) is 0 Å². The molecule has 2 atom stereocenters. The summed E-state index contributed by atoms with van der Waals surface area (Å²) in [6.45, 7) is 3.96. The zero-order chi connectivity index (χ0) is 26.2. The number of oxime groups is 1. The van der Waals surface area contributed by atoms with E-state index >= 15 is 0 Å². The standard InChI is InChI=1S/C29H24N6O3/c1-17-26(18(2)38-34-17)20-13-21-22(27(23-7-3-5-11-30-23)24-8-4-6-12-31-24)16-35(28(21)33-15-20)25-10-9-19(14-32-25)29(36)37/h3-16,18,26-27H,1-2H3,(H,36,37). The Morgan fingerprint density at radius 2 is 1.71 bits per heavy atom. The number of hydrogen-bond acceptors (Lipinski definition) is 7. The van der Waals surface area contributed by atoms with Crippen LogP contribution in [0.5, 0.6) is 0 Å². The molecule has 0 amide bonds. The van der Waals surface area contributed by atoms with Crippen LogP contribution in [0.1, 0.15) is 58.6 Å². The Morgan fingerprint density at radius 1 is 0.974 bits per heavy atom. The van der Waals surface area contributed by atoms with E-state index in [2.05, 4.69) is 26.2 Å². The topological polar surface area (TPSA) is 115 Å². The van der Waals surface area contributed by atoms with E-state index in [0.29, 0.717) is 11.5 Å². The van der Waals surface area contributed by atoms with Gasteiger partial charge in [0.15, 0.2) is 0 Å². The second-order valence-corrected chi connectivity index (χ2v) is 9.27. The van der Waals surface area contributed by atoms with Gasteiger partial charge in [0.25, 0.3) is 0 Å². The first-order valence-corrected chi connectivity index (χ1v) is 12.2. The summed E-state index contributed by atoms with van der Waals surface area (Å²) >= 11 is 0. The maximum atomic E-state index is 11.4. The van der Waals surface area contributed by atoms with Crippen LogP contribution in [0.2, 0.25) is 0 Å². The van der Waals surface area contributed by atoms with Gasteiger partial charge in [0.05, 0.1) is 34.5 Å². The molecule has 0 bridgehead atoms. The highest BCUT2D eigenvalue weighted by atomic mass is 16.6. The van der Waals surface area contributed by atoms with Crippen molar-refractivity contribution in [2.75, 3.05) is 0 Å². The van der Waals surface area contributed by atoms with Crippen LogP contribution < -0.4 is 0 Å². The van der Waals surface area contributed by atoms with Crippen molar-refractivity contribution in [3.8, 4) is 5.82 Å². The Labute approximate surface area is 218 Å². The highest BCUT2D eigenvalue weighted by molar-refractivity contribution is 5.92. The number of fused-ring (bicyclic) bond motifs is 1. The minimum atomic E-state index is -1.03. The summed E-state index contributed by atoms with van der Waals surface area (Å²) in [6, 6.07) is 17.0. The Kier molecular flexibility index (Phi) is 5.88. The monoisotopic (exact) mass is 504 g/mol. The Morgan fingerprint density at radius 3 is 2.26 bits per heavy atom. The number of hydrogen-bond donors (Lipinski definition) is 1. The summed E-state index contributed by atoms with van der Waals surface area (Å²) in [6.07, 6.45) is 8.64. The van der Waals surface area contributed by atoms with Crippen molar-refractivity contribution in [2.24, 2.45) is 5.16 Å². The second-order valence-electron chi connectivity index (χ2n) is 9.27. The fourth-order valence-electron chi connectivity index (χ4n) is 5.08. The van der Waals surface area contributed by atoms with Crippen molar-refractivity contribution >= 4 is 22.7 Å². The number of carbonyl (C=O) groups is 1. The number of rotatable bonds is 6. The Balaban J connectivity index is 1.60. The van der Waals surface area contributed by atoms with Crippen molar-refractivity contribution in [1.29, 1.82) is 0 Å². The Bertz CT molecular complexity index is 1610. The van der Waals surface area contributed by atoms with Crippen LogP contribution in [-0.4, -0.2) is 47.4 Å². The molecule has 38 heavy (non-hydrogen) atoms. The summed E-state index contributed by atoms with van der Waals surface area (Å²) < 4.78 is 1.88. The summed E-state index contributed by atoms with van der Waals surface area (Å²) in [4.78, 5) is 35.6. The minimum absolute atomic E-state index is 0.0146. The van der Waals surface area contributed by atoms with Gasteiger partial charge in [-0.2, -0.15) is 0 Å². The largest absolute Gasteiger partial charge is 0.478 e. The maximum Gasteiger partial charge on any atom is 0.337 e. The third-order valence-electron chi connectivity index (χ3n) is 6.86. The van der Waals surface area contributed by atoms with Gasteiger partial charge in [-0.15, -0.1) is 0 Å². The van der Waals surface area contributed by atoms with Crippen LogP contribution >= 0.6 is 0 Å². The SMILES string of the molecule is CC1=NOC(C)C1c1cnc2c(c1)c(C(c1ccccn1)c1ccccn1)cn2-c1ccc(C(=O)O)cn1. The average Bonchev–Trinajstić information content (AvgIpc) is 3.49. The van der Waals surface area contributed by atoms with Crippen LogP contribution in [0.4, 0.5) is 0 Å². The van der Waals surface area contributed by atoms with E-state index in [-0.39, 0.29) is 23.5 Å². The normalized spacial score (nSPS) is 17.0. The molecule has 5 aromatic heterocycles. The van der Waals surface area contributed by atoms with Gasteiger partial charge in [-0.3, -0.25) is 14.5 Å². The van der Waals surface area contributed by atoms with Crippen molar-refractivity contribution in [3.05, 3.63) is 114 Å². The first-order chi connectivity index (χ1) is 18.5. The molecule has 0 radical (unpaired) electrons. The third-order valence-corrected chi connectivity index (χ3v) is 6.86. The molecule has 2 unspecified atom stereocenters. The molecule has 1 aliphatic rings. The zero-order valence-electron chi connectivity index (χ0n) is 20.8. The number of aromatic nitrogens is 5. The van der Waals surface area contributed by atoms with Gasteiger partial charge >= 0.3 is 5.97 Å². The maximum absolute atomic E-state index is 11.4. The minimum Gasteiger partial charge on any atom is -0.478 e. The summed E-state index contributed by atoms with van der Waals surface area (Å²) in [5.74, 6) is -0.759. The average molecular weight is 505 g/mol. The molecule has 0 fully saturated rings. The number of aromatic carboxylic acids is 1. The van der Waals surface area contributed by atoms with Crippen LogP contribution in [0, 0.1) is 0 Å². The molecule has 9 nitrogen and oxygen atoms in total. The number of nitrogens with zero attached hydrogens (tertiary/aromatic N) is 6. The van der Waals surface area contributed by atoms with Gasteiger partial charge in [-0.1, -0.05) is 17.3 Å². The number of carboxylic acids is 1. The zero-order valence-corrected chi connectivity index (χ0v) is 20.8. The smallest absolute Gasteiger partial charge is 0.337 e. The third kappa shape index (κ3) is 4.07. The van der Waals surface area contributed by atoms with Crippen LogP contribution in [0.25, 0.3) is 16.9 Å². The number of carboxylic acid groups (broad SMARTS) is 1. The van der Waals surface area contributed by atoms with E-state index in [1.807, 2.05) is 67.2 Å². The summed E-state index contributed by atoms with van der Waals surface area (Å²) in [5.41, 5.74) is 5.36. The highest BCUT2D eigenvalue weighted by Gasteiger charge is 2.31. The second kappa shape index (κ2) is 9.51. The lowest BCUT2D eigenvalue weighted by atomic mass is 9.88. The van der Waals surface area contributed by atoms with E-state index in [0.717, 1.165) is 33.6 Å². The van der Waals surface area contributed by atoms with E-state index in [1.165, 1.54) is 12.3 Å². The van der Waals surface area contributed by atoms with E-state index in [4.69, 9.17) is 9.82 Å². The molecule has 0 spiro atoms. The molecule has 0 aromatic carbocycles. The van der Waals surface area contributed by atoms with E-state index in [1.54, 1.807) is 18.5 Å². The van der Waals surface area contributed by atoms with Gasteiger partial charge in [-0.25, -0.2) is 14.8 Å². The van der Waals surface area contributed by atoms with Gasteiger partial charge in [0, 0.05) is 36.4 Å². The molecule has 0 saturated heterocycles. The molecule has 0 saturated carbocycles. The molecule has 0 aliphatic carbocycles. The van der Waals surface area contributed by atoms with Gasteiger partial charge in [0.1, 0.15) is 17.6 Å². The van der Waals surface area contributed by atoms with E-state index in [9.17, 15) is 9.90 Å². The molecule has 6 heterocycles. The molecule has 1 aliphatic heterocycles. The quantitative estimate of drug-likeness (QED) is 0.347. The van der Waals surface area contributed by atoms with Crippen molar-refractivity contribution in [2.45, 2.75) is 31.8 Å². The van der Waals surface area contributed by atoms with Crippen LogP contribution in [0.3, 0.4) is 0 Å². The van der Waals surface area contributed by atoms with Gasteiger partial charge in [0.2, 0.25) is 0 Å². The molecular weight excluding hydrogens is 480 g/mol. The van der Waals surface area contributed by atoms with Crippen LogP contribution in [-0.2, 0) is 4.84 Å². The Hall–Kier alpha value is -4.92. The van der Waals surface area contributed by atoms with Gasteiger partial charge in [-0.05, 0) is 67.4 Å². The number of pyridine rings is 4. The lowest BCUT2D eigenvalue weighted by Gasteiger charge is -2.17. The predicted molar refractivity (Wildman–Crippen MR) is 142 cm³/mol. The molecule has 188 valence electrons. The predicted octanol–water partition coefficient (Wildman–Crippen LogP) is 4.97. The lowest BCUT2D eigenvalue weighted by Crippen LogP contribution is -2.17. The molecule has 9 heteroatoms. The van der Waals surface area contributed by atoms with Crippen molar-refractivity contribution in [1.82, 2.24) is 24.5 Å². The van der Waals surface area contributed by atoms with E-state index < -0.39 is 5.97 Å². The molecule has 6 rings (SSSR count). The molecule has 1 N–H and O–H groups in total. The lowest BCUT2D eigenvalue weighted by molar-refractivity contribution is 0.0696. The summed E-state index contributed by atoms with van der Waals surface area (Å²) in [5, 5.41) is 14.4. The van der Waals surface area contributed by atoms with Crippen LogP contribution in [0.15, 0.2) is 90.7 Å². The first-order valence-electron chi connectivity index (χ1n) is 12.2. The first kappa shape index (κ1) is 23.5. The fraction of sp³-hybridized carbons (Fsp3) is 0.172. The van der Waals surface area contributed by atoms with Gasteiger partial charge < -0.3 is 9.94 Å². The molecule has 5 aromatic rings. The molecular formula is C29H24N6O3.